The van der Waals surface area contributed by atoms with E-state index in [-0.39, 0.29) is 0 Å². The number of rotatable bonds is 7. The monoisotopic (exact) mass is 467 g/mol. The van der Waals surface area contributed by atoms with E-state index in [1.807, 2.05) is 12.1 Å². The van der Waals surface area contributed by atoms with E-state index < -0.39 is 0 Å². The number of anilines is 2. The molecule has 8 heteroatoms. The molecule has 7 nitrogen and oxygen atoms in total. The molecule has 0 amide bonds. The number of hydrogen-bond acceptors (Lipinski definition) is 7. The Morgan fingerprint density at radius 1 is 1.09 bits per heavy atom. The van der Waals surface area contributed by atoms with Crippen molar-refractivity contribution in [3.8, 4) is 0 Å². The van der Waals surface area contributed by atoms with Crippen LogP contribution in [0.1, 0.15) is 38.2 Å². The van der Waals surface area contributed by atoms with Gasteiger partial charge in [0.05, 0.1) is 17.4 Å². The number of halogens is 1. The first-order valence-corrected chi connectivity index (χ1v) is 12.4. The summed E-state index contributed by atoms with van der Waals surface area (Å²) in [6.45, 7) is 6.41. The Labute approximate surface area is 201 Å². The van der Waals surface area contributed by atoms with Gasteiger partial charge in [-0.2, -0.15) is 5.10 Å². The molecule has 3 heterocycles. The minimum atomic E-state index is 0.475. The van der Waals surface area contributed by atoms with Crippen LogP contribution in [0.4, 0.5) is 11.6 Å². The minimum absolute atomic E-state index is 0.475. The third kappa shape index (κ3) is 4.88. The van der Waals surface area contributed by atoms with Gasteiger partial charge in [-0.15, -0.1) is 0 Å². The molecule has 3 aliphatic rings. The van der Waals surface area contributed by atoms with Gasteiger partial charge in [-0.3, -0.25) is 5.01 Å². The number of benzene rings is 1. The Bertz CT molecular complexity index is 985. The zero-order chi connectivity index (χ0) is 23.0. The van der Waals surface area contributed by atoms with E-state index in [2.05, 4.69) is 68.4 Å². The Kier molecular flexibility index (Phi) is 6.08. The van der Waals surface area contributed by atoms with Gasteiger partial charge in [0, 0.05) is 45.0 Å². The molecule has 1 aliphatic carbocycles. The van der Waals surface area contributed by atoms with Crippen LogP contribution >= 0.6 is 11.6 Å². The van der Waals surface area contributed by atoms with Crippen molar-refractivity contribution in [3.05, 3.63) is 47.2 Å². The van der Waals surface area contributed by atoms with Crippen LogP contribution in [0.2, 0.25) is 5.02 Å². The number of nitrogens with one attached hydrogen (secondary N) is 1. The van der Waals surface area contributed by atoms with Crippen molar-refractivity contribution >= 4 is 29.1 Å². The highest BCUT2D eigenvalue weighted by Gasteiger charge is 2.53. The maximum atomic E-state index is 5.92. The lowest BCUT2D eigenvalue weighted by molar-refractivity contribution is 0.303. The molecule has 0 unspecified atom stereocenters. The van der Waals surface area contributed by atoms with Crippen molar-refractivity contribution in [1.29, 1.82) is 0 Å². The summed E-state index contributed by atoms with van der Waals surface area (Å²) in [5.74, 6) is 3.51. The highest BCUT2D eigenvalue weighted by molar-refractivity contribution is 6.30. The lowest BCUT2D eigenvalue weighted by atomic mass is 9.86. The van der Waals surface area contributed by atoms with E-state index in [1.54, 1.807) is 12.4 Å². The predicted octanol–water partition coefficient (Wildman–Crippen LogP) is 4.37. The van der Waals surface area contributed by atoms with E-state index in [0.29, 0.717) is 10.4 Å². The molecule has 1 saturated carbocycles. The van der Waals surface area contributed by atoms with Gasteiger partial charge in [-0.05, 0) is 67.2 Å². The first-order chi connectivity index (χ1) is 15.9. The molecule has 1 aromatic heterocycles. The number of piperidine rings is 1. The average Bonchev–Trinajstić information content (AvgIpc) is 3.37. The summed E-state index contributed by atoms with van der Waals surface area (Å²) >= 11 is 5.92. The molecule has 0 bridgehead atoms. The van der Waals surface area contributed by atoms with E-state index in [0.717, 1.165) is 55.5 Å². The van der Waals surface area contributed by atoms with Gasteiger partial charge in [0.25, 0.3) is 0 Å². The summed E-state index contributed by atoms with van der Waals surface area (Å²) in [6, 6.07) is 8.67. The second-order valence-corrected chi connectivity index (χ2v) is 10.6. The highest BCUT2D eigenvalue weighted by atomic mass is 35.5. The van der Waals surface area contributed by atoms with Crippen LogP contribution in [0, 0.1) is 17.3 Å². The normalized spacial score (nSPS) is 25.4. The molecule has 33 heavy (non-hydrogen) atoms. The van der Waals surface area contributed by atoms with Gasteiger partial charge < -0.3 is 15.1 Å². The van der Waals surface area contributed by atoms with E-state index in [4.69, 9.17) is 11.6 Å². The Hall–Kier alpha value is -2.54. The number of hydrazone groups is 1. The van der Waals surface area contributed by atoms with Crippen molar-refractivity contribution in [1.82, 2.24) is 19.9 Å². The average molecular weight is 468 g/mol. The topological polar surface area (TPSA) is 59.9 Å². The Morgan fingerprint density at radius 2 is 1.79 bits per heavy atom. The molecule has 2 atom stereocenters. The molecule has 1 N–H and O–H groups in total. The summed E-state index contributed by atoms with van der Waals surface area (Å²) in [6.07, 6.45) is 8.42. The molecule has 2 fully saturated rings. The van der Waals surface area contributed by atoms with Crippen molar-refractivity contribution in [2.75, 3.05) is 50.6 Å². The summed E-state index contributed by atoms with van der Waals surface area (Å²) in [4.78, 5) is 13.2. The number of nitrogens with zero attached hydrogens (tertiary/aromatic N) is 6. The van der Waals surface area contributed by atoms with E-state index in [1.165, 1.54) is 31.4 Å². The van der Waals surface area contributed by atoms with Crippen LogP contribution in [-0.4, -0.2) is 66.1 Å². The molecule has 0 radical (unpaired) electrons. The second-order valence-electron chi connectivity index (χ2n) is 10.2. The van der Waals surface area contributed by atoms with Crippen molar-refractivity contribution in [2.24, 2.45) is 22.4 Å². The fourth-order valence-corrected chi connectivity index (χ4v) is 5.69. The van der Waals surface area contributed by atoms with Gasteiger partial charge in [-0.1, -0.05) is 18.5 Å². The van der Waals surface area contributed by atoms with Crippen LogP contribution in [0.25, 0.3) is 0 Å². The van der Waals surface area contributed by atoms with Crippen LogP contribution in [0.15, 0.2) is 41.8 Å². The quantitative estimate of drug-likeness (QED) is 0.652. The van der Waals surface area contributed by atoms with Crippen molar-refractivity contribution < 1.29 is 0 Å². The molecular formula is C25H34ClN7. The van der Waals surface area contributed by atoms with Crippen LogP contribution in [0.3, 0.4) is 0 Å². The van der Waals surface area contributed by atoms with E-state index in [9.17, 15) is 0 Å². The van der Waals surface area contributed by atoms with Crippen LogP contribution in [0.5, 0.6) is 0 Å². The van der Waals surface area contributed by atoms with Crippen molar-refractivity contribution in [2.45, 2.75) is 32.6 Å². The zero-order valence-corrected chi connectivity index (χ0v) is 20.6. The maximum Gasteiger partial charge on any atom is 0.225 e. The molecule has 2 aliphatic heterocycles. The molecule has 176 valence electrons. The third-order valence-electron chi connectivity index (χ3n) is 7.63. The fraction of sp³-hybridized carbons (Fsp3) is 0.560. The summed E-state index contributed by atoms with van der Waals surface area (Å²) in [5, 5.41) is 10.8. The van der Waals surface area contributed by atoms with Gasteiger partial charge >= 0.3 is 0 Å². The van der Waals surface area contributed by atoms with Gasteiger partial charge in [0.1, 0.15) is 6.67 Å². The predicted molar refractivity (Wildman–Crippen MR) is 135 cm³/mol. The first kappa shape index (κ1) is 22.3. The summed E-state index contributed by atoms with van der Waals surface area (Å²) < 4.78 is 0. The third-order valence-corrected chi connectivity index (χ3v) is 7.83. The molecule has 5 rings (SSSR count). The Morgan fingerprint density at radius 3 is 2.42 bits per heavy atom. The standard InChI is InChI=1S/C25H34ClN7/c1-25(10-11-27-21-6-4-19(5-7-21)23-30-32(3)17-31(23)2)14-22(25)18-8-12-33(13-9-18)24-28-15-20(26)16-29-24/h4-7,15-16,18,22,27H,8-14,17H2,1-3H3/t22-,25-/m1/s1. The molecule has 1 aromatic carbocycles. The highest BCUT2D eigenvalue weighted by Crippen LogP contribution is 2.60. The smallest absolute Gasteiger partial charge is 0.225 e. The summed E-state index contributed by atoms with van der Waals surface area (Å²) in [7, 11) is 4.08. The molecule has 2 aromatic rings. The molecule has 0 spiro atoms. The summed E-state index contributed by atoms with van der Waals surface area (Å²) in [5.41, 5.74) is 2.82. The largest absolute Gasteiger partial charge is 0.385 e. The lowest BCUT2D eigenvalue weighted by Crippen LogP contribution is -2.36. The SMILES string of the molecule is CN1CN(C)C(c2ccc(NCC[C@]3(C)C[C@@H]3C3CCN(c4ncc(Cl)cn4)CC3)cc2)=N1. The van der Waals surface area contributed by atoms with Crippen LogP contribution < -0.4 is 10.2 Å². The maximum absolute atomic E-state index is 5.92. The second kappa shape index (κ2) is 9.01. The first-order valence-electron chi connectivity index (χ1n) is 12.0. The molecular weight excluding hydrogens is 434 g/mol. The van der Waals surface area contributed by atoms with Crippen LogP contribution in [-0.2, 0) is 0 Å². The number of hydrogen-bond donors (Lipinski definition) is 1. The lowest BCUT2D eigenvalue weighted by Gasteiger charge is -2.33. The van der Waals surface area contributed by atoms with Crippen molar-refractivity contribution in [3.63, 3.8) is 0 Å². The zero-order valence-electron chi connectivity index (χ0n) is 19.8. The van der Waals surface area contributed by atoms with E-state index >= 15 is 0 Å². The number of amidine groups is 1. The Balaban J connectivity index is 1.07. The van der Waals surface area contributed by atoms with Gasteiger partial charge in [0.2, 0.25) is 5.95 Å². The van der Waals surface area contributed by atoms with Gasteiger partial charge in [-0.25, -0.2) is 9.97 Å². The number of aromatic nitrogens is 2. The van der Waals surface area contributed by atoms with Gasteiger partial charge in [0.15, 0.2) is 5.84 Å². The molecule has 1 saturated heterocycles. The fourth-order valence-electron chi connectivity index (χ4n) is 5.59. The minimum Gasteiger partial charge on any atom is -0.385 e.